The molecule has 0 saturated carbocycles. The Morgan fingerprint density at radius 1 is 1.13 bits per heavy atom. The molecule has 0 saturated heterocycles. The molecule has 156 valence electrons. The summed E-state index contributed by atoms with van der Waals surface area (Å²) in [5.41, 5.74) is 6.16. The third-order valence-corrected chi connectivity index (χ3v) is 6.74. The van der Waals surface area contributed by atoms with Crippen LogP contribution in [0.5, 0.6) is 0 Å². The molecule has 0 atom stereocenters. The highest BCUT2D eigenvalue weighted by atomic mass is 32.1. The van der Waals surface area contributed by atoms with E-state index in [9.17, 15) is 5.11 Å². The lowest BCUT2D eigenvalue weighted by Gasteiger charge is -2.18. The molecule has 3 heterocycles. The Morgan fingerprint density at radius 3 is 2.71 bits per heavy atom. The Hall–Kier alpha value is -3.38. The third-order valence-electron chi connectivity index (χ3n) is 5.88. The van der Waals surface area contributed by atoms with Crippen molar-refractivity contribution in [2.24, 2.45) is 7.05 Å². The number of nitrogens with zero attached hydrogens (tertiary/aromatic N) is 3. The van der Waals surface area contributed by atoms with E-state index in [2.05, 4.69) is 73.3 Å². The van der Waals surface area contributed by atoms with Crippen LogP contribution in [0.4, 0.5) is 0 Å². The summed E-state index contributed by atoms with van der Waals surface area (Å²) in [6, 6.07) is 16.6. The van der Waals surface area contributed by atoms with Gasteiger partial charge in [0.15, 0.2) is 0 Å². The average molecular weight is 429 g/mol. The molecule has 6 heteroatoms. The summed E-state index contributed by atoms with van der Waals surface area (Å²) in [6.45, 7) is 3.10. The summed E-state index contributed by atoms with van der Waals surface area (Å²) in [7, 11) is 2.06. The number of para-hydroxylation sites is 1. The molecule has 0 aliphatic carbocycles. The predicted octanol–water partition coefficient (Wildman–Crippen LogP) is 5.41. The van der Waals surface area contributed by atoms with Gasteiger partial charge in [0.05, 0.1) is 17.8 Å². The van der Waals surface area contributed by atoms with Crippen LogP contribution in [0, 0.1) is 12.3 Å². The molecule has 5 nitrogen and oxygen atoms in total. The van der Waals surface area contributed by atoms with Gasteiger partial charge in [0, 0.05) is 41.6 Å². The van der Waals surface area contributed by atoms with Gasteiger partial charge in [-0.15, -0.1) is 11.3 Å². The standard InChI is InChI=1S/C25H24N4OS/c1-16-7-9-17(10-8-16)20-15-31-25(27-20)23-22(30)14-29(24(23)26)12-11-18-13-28(2)21-6-4-3-5-19(18)21/h3-10,13,15,26,30H,11-12,14H2,1-2H3. The van der Waals surface area contributed by atoms with Gasteiger partial charge >= 0.3 is 0 Å². The lowest BCUT2D eigenvalue weighted by Crippen LogP contribution is -2.28. The van der Waals surface area contributed by atoms with Gasteiger partial charge in [-0.05, 0) is 25.0 Å². The molecule has 0 amide bonds. The van der Waals surface area contributed by atoms with Gasteiger partial charge in [0.25, 0.3) is 0 Å². The quantitative estimate of drug-likeness (QED) is 0.446. The maximum Gasteiger partial charge on any atom is 0.135 e. The first-order valence-electron chi connectivity index (χ1n) is 10.3. The normalized spacial score (nSPS) is 14.3. The predicted molar refractivity (Wildman–Crippen MR) is 128 cm³/mol. The van der Waals surface area contributed by atoms with Crippen molar-refractivity contribution in [3.63, 3.8) is 0 Å². The Labute approximate surface area is 185 Å². The monoisotopic (exact) mass is 428 g/mol. The van der Waals surface area contributed by atoms with Crippen LogP contribution in [0.1, 0.15) is 16.1 Å². The van der Waals surface area contributed by atoms with E-state index < -0.39 is 0 Å². The number of fused-ring (bicyclic) bond motifs is 1. The zero-order chi connectivity index (χ0) is 21.5. The van der Waals surface area contributed by atoms with Gasteiger partial charge in [-0.25, -0.2) is 4.98 Å². The first-order chi connectivity index (χ1) is 15.0. The fourth-order valence-corrected chi connectivity index (χ4v) is 5.07. The van der Waals surface area contributed by atoms with Crippen LogP contribution < -0.4 is 0 Å². The molecule has 2 aromatic carbocycles. The number of hydrogen-bond donors (Lipinski definition) is 2. The highest BCUT2D eigenvalue weighted by Gasteiger charge is 2.30. The second-order valence-electron chi connectivity index (χ2n) is 8.03. The summed E-state index contributed by atoms with van der Waals surface area (Å²) in [5.74, 6) is 0.579. The number of rotatable bonds is 5. The Morgan fingerprint density at radius 2 is 1.90 bits per heavy atom. The molecule has 31 heavy (non-hydrogen) atoms. The summed E-state index contributed by atoms with van der Waals surface area (Å²) in [6.07, 6.45) is 2.98. The van der Waals surface area contributed by atoms with E-state index in [-0.39, 0.29) is 5.76 Å². The van der Waals surface area contributed by atoms with Gasteiger partial charge < -0.3 is 14.6 Å². The van der Waals surface area contributed by atoms with E-state index >= 15 is 0 Å². The van der Waals surface area contributed by atoms with Crippen molar-refractivity contribution >= 4 is 33.6 Å². The van der Waals surface area contributed by atoms with Crippen LogP contribution in [0.3, 0.4) is 0 Å². The molecule has 2 N–H and O–H groups in total. The SMILES string of the molecule is Cc1ccc(-c2csc(C3=C(O)CN(CCc4cn(C)c5ccccc45)C3=N)n2)cc1. The molecule has 0 radical (unpaired) electrons. The third kappa shape index (κ3) is 3.53. The van der Waals surface area contributed by atoms with Crippen LogP contribution >= 0.6 is 11.3 Å². The van der Waals surface area contributed by atoms with E-state index in [1.165, 1.54) is 33.4 Å². The number of amidine groups is 1. The van der Waals surface area contributed by atoms with Crippen LogP contribution in [0.2, 0.25) is 0 Å². The van der Waals surface area contributed by atoms with Crippen molar-refractivity contribution in [2.45, 2.75) is 13.3 Å². The lowest BCUT2D eigenvalue weighted by molar-refractivity contribution is 0.351. The molecule has 4 aromatic rings. The van der Waals surface area contributed by atoms with Crippen LogP contribution in [0.15, 0.2) is 65.9 Å². The van der Waals surface area contributed by atoms with E-state index in [0.29, 0.717) is 29.5 Å². The van der Waals surface area contributed by atoms with Crippen LogP contribution in [-0.4, -0.2) is 38.5 Å². The number of nitrogens with one attached hydrogen (secondary N) is 1. The largest absolute Gasteiger partial charge is 0.510 e. The summed E-state index contributed by atoms with van der Waals surface area (Å²) in [4.78, 5) is 6.65. The topological polar surface area (TPSA) is 65.1 Å². The van der Waals surface area contributed by atoms with Crippen molar-refractivity contribution in [3.05, 3.63) is 82.0 Å². The second kappa shape index (κ2) is 7.71. The van der Waals surface area contributed by atoms with Gasteiger partial charge in [0.1, 0.15) is 16.6 Å². The van der Waals surface area contributed by atoms with E-state index in [1.807, 2.05) is 10.3 Å². The van der Waals surface area contributed by atoms with E-state index in [0.717, 1.165) is 17.7 Å². The van der Waals surface area contributed by atoms with Gasteiger partial charge in [0.2, 0.25) is 0 Å². The summed E-state index contributed by atoms with van der Waals surface area (Å²) >= 11 is 1.48. The van der Waals surface area contributed by atoms with Crippen molar-refractivity contribution in [3.8, 4) is 11.3 Å². The molecule has 0 spiro atoms. The number of aliphatic hydroxyl groups excluding tert-OH is 1. The first kappa shape index (κ1) is 19.6. The maximum absolute atomic E-state index is 10.6. The molecule has 5 rings (SSSR count). The Kier molecular flexibility index (Phi) is 4.87. The first-order valence-corrected chi connectivity index (χ1v) is 11.2. The van der Waals surface area contributed by atoms with Gasteiger partial charge in [-0.2, -0.15) is 0 Å². The van der Waals surface area contributed by atoms with Gasteiger partial charge in [-0.3, -0.25) is 5.41 Å². The molecule has 0 unspecified atom stereocenters. The molecule has 2 aromatic heterocycles. The second-order valence-corrected chi connectivity index (χ2v) is 8.89. The minimum atomic E-state index is 0.229. The number of aromatic nitrogens is 2. The lowest BCUT2D eigenvalue weighted by atomic mass is 10.1. The minimum Gasteiger partial charge on any atom is -0.510 e. The molecule has 1 aliphatic rings. The van der Waals surface area contributed by atoms with Crippen molar-refractivity contribution < 1.29 is 5.11 Å². The minimum absolute atomic E-state index is 0.229. The zero-order valence-electron chi connectivity index (χ0n) is 17.6. The van der Waals surface area contributed by atoms with Crippen molar-refractivity contribution in [1.82, 2.24) is 14.5 Å². The number of aliphatic hydroxyl groups is 1. The van der Waals surface area contributed by atoms with Crippen molar-refractivity contribution in [1.29, 1.82) is 5.41 Å². The fraction of sp³-hybridized carbons (Fsp3) is 0.200. The molecule has 0 bridgehead atoms. The summed E-state index contributed by atoms with van der Waals surface area (Å²) in [5, 5.41) is 23.2. The zero-order valence-corrected chi connectivity index (χ0v) is 18.4. The Balaban J connectivity index is 1.33. The molecule has 0 fully saturated rings. The highest BCUT2D eigenvalue weighted by Crippen LogP contribution is 2.32. The Bertz CT molecular complexity index is 1310. The van der Waals surface area contributed by atoms with Gasteiger partial charge in [-0.1, -0.05) is 48.0 Å². The number of aryl methyl sites for hydroxylation is 2. The summed E-state index contributed by atoms with van der Waals surface area (Å²) < 4.78 is 2.14. The number of thiazole rings is 1. The van der Waals surface area contributed by atoms with Crippen LogP contribution in [-0.2, 0) is 13.5 Å². The average Bonchev–Trinajstić information content (AvgIpc) is 3.44. The maximum atomic E-state index is 10.6. The fourth-order valence-electron chi connectivity index (χ4n) is 4.17. The molecular weight excluding hydrogens is 404 g/mol. The molecular formula is C25H24N4OS. The smallest absolute Gasteiger partial charge is 0.135 e. The number of hydrogen-bond acceptors (Lipinski definition) is 4. The van der Waals surface area contributed by atoms with Crippen molar-refractivity contribution in [2.75, 3.05) is 13.1 Å². The van der Waals surface area contributed by atoms with E-state index in [4.69, 9.17) is 10.4 Å². The number of benzene rings is 2. The highest BCUT2D eigenvalue weighted by molar-refractivity contribution is 7.11. The van der Waals surface area contributed by atoms with Crippen LogP contribution in [0.25, 0.3) is 27.7 Å². The van der Waals surface area contributed by atoms with E-state index in [1.54, 1.807) is 0 Å². The molecule has 1 aliphatic heterocycles.